The van der Waals surface area contributed by atoms with Gasteiger partial charge in [0.2, 0.25) is 0 Å². The molecule has 1 N–H and O–H groups in total. The number of hydrogen-bond acceptors (Lipinski definition) is 3. The summed E-state index contributed by atoms with van der Waals surface area (Å²) in [5.74, 6) is 0. The number of methoxy groups -OCH3 is 1. The number of ether oxygens (including phenoxy) is 1. The van der Waals surface area contributed by atoms with Crippen LogP contribution >= 0.6 is 11.3 Å². The van der Waals surface area contributed by atoms with Crippen LogP contribution in [-0.4, -0.2) is 19.3 Å². The lowest BCUT2D eigenvalue weighted by molar-refractivity contribution is -0.0356. The molecule has 1 aliphatic carbocycles. The minimum absolute atomic E-state index is 0.0195. The maximum absolute atomic E-state index is 5.94. The highest BCUT2D eigenvalue weighted by molar-refractivity contribution is 7.10. The molecule has 0 amide bonds. The van der Waals surface area contributed by atoms with Gasteiger partial charge >= 0.3 is 0 Å². The average Bonchev–Trinajstić information content (AvgIpc) is 2.96. The van der Waals surface area contributed by atoms with Crippen molar-refractivity contribution < 1.29 is 4.74 Å². The Hall–Kier alpha value is -0.380. The Labute approximate surface area is 108 Å². The van der Waals surface area contributed by atoms with Gasteiger partial charge in [0.1, 0.15) is 0 Å². The molecule has 1 aliphatic rings. The summed E-state index contributed by atoms with van der Waals surface area (Å²) in [6.07, 6.45) is 4.94. The number of thiophene rings is 1. The van der Waals surface area contributed by atoms with E-state index in [1.165, 1.54) is 36.1 Å². The van der Waals surface area contributed by atoms with Gasteiger partial charge in [-0.2, -0.15) is 0 Å². The van der Waals surface area contributed by atoms with Crippen LogP contribution in [0, 0.1) is 6.92 Å². The van der Waals surface area contributed by atoms with Crippen molar-refractivity contribution in [2.24, 2.45) is 0 Å². The molecule has 0 aliphatic heterocycles. The Bertz CT molecular complexity index is 355. The third-order valence-electron chi connectivity index (χ3n) is 3.95. The fraction of sp³-hybridized carbons (Fsp3) is 0.714. The molecule has 0 aromatic carbocycles. The smallest absolute Gasteiger partial charge is 0.0880 e. The van der Waals surface area contributed by atoms with E-state index in [0.29, 0.717) is 6.04 Å². The Kier molecular flexibility index (Phi) is 4.23. The van der Waals surface area contributed by atoms with Gasteiger partial charge in [-0.1, -0.05) is 19.8 Å². The predicted molar refractivity (Wildman–Crippen MR) is 73.7 cm³/mol. The van der Waals surface area contributed by atoms with Gasteiger partial charge in [0, 0.05) is 12.0 Å². The fourth-order valence-corrected chi connectivity index (χ4v) is 4.09. The number of rotatable bonds is 5. The highest BCUT2D eigenvalue weighted by Gasteiger charge is 2.42. The molecule has 1 aromatic heterocycles. The van der Waals surface area contributed by atoms with Crippen LogP contribution in [0.4, 0.5) is 0 Å². The lowest BCUT2D eigenvalue weighted by atomic mass is 9.89. The summed E-state index contributed by atoms with van der Waals surface area (Å²) < 4.78 is 5.94. The molecule has 1 aromatic rings. The van der Waals surface area contributed by atoms with Crippen molar-refractivity contribution >= 4 is 11.3 Å². The highest BCUT2D eigenvalue weighted by Crippen LogP contribution is 2.44. The van der Waals surface area contributed by atoms with Crippen LogP contribution in [0.3, 0.4) is 0 Å². The van der Waals surface area contributed by atoms with E-state index in [1.807, 2.05) is 18.4 Å². The summed E-state index contributed by atoms with van der Waals surface area (Å²) in [5.41, 5.74) is 1.41. The average molecular weight is 253 g/mol. The second-order valence-corrected chi connectivity index (χ2v) is 5.88. The number of hydrogen-bond donors (Lipinski definition) is 1. The van der Waals surface area contributed by atoms with E-state index in [4.69, 9.17) is 4.74 Å². The fourth-order valence-electron chi connectivity index (χ4n) is 2.99. The molecular formula is C14H23NOS. The Morgan fingerprint density at radius 1 is 1.47 bits per heavy atom. The molecule has 96 valence electrons. The first-order valence-electron chi connectivity index (χ1n) is 6.56. The van der Waals surface area contributed by atoms with E-state index < -0.39 is 0 Å². The molecule has 0 radical (unpaired) electrons. The second-order valence-electron chi connectivity index (χ2n) is 4.93. The first-order chi connectivity index (χ1) is 8.23. The van der Waals surface area contributed by atoms with Crippen molar-refractivity contribution in [3.05, 3.63) is 21.9 Å². The summed E-state index contributed by atoms with van der Waals surface area (Å²) in [4.78, 5) is 1.45. The molecular weight excluding hydrogens is 230 g/mol. The highest BCUT2D eigenvalue weighted by atomic mass is 32.1. The van der Waals surface area contributed by atoms with Crippen LogP contribution in [0.5, 0.6) is 0 Å². The summed E-state index contributed by atoms with van der Waals surface area (Å²) >= 11 is 1.86. The lowest BCUT2D eigenvalue weighted by Crippen LogP contribution is -2.43. The minimum atomic E-state index is 0.0195. The summed E-state index contributed by atoms with van der Waals surface area (Å²) in [6, 6.07) is 2.57. The quantitative estimate of drug-likeness (QED) is 0.864. The molecule has 0 spiro atoms. The van der Waals surface area contributed by atoms with Gasteiger partial charge in [0.15, 0.2) is 0 Å². The first kappa shape index (κ1) is 13.1. The second kappa shape index (κ2) is 5.51. The van der Waals surface area contributed by atoms with Gasteiger partial charge in [-0.3, -0.25) is 0 Å². The van der Waals surface area contributed by atoms with E-state index in [-0.39, 0.29) is 5.60 Å². The maximum atomic E-state index is 5.94. The van der Waals surface area contributed by atoms with Crippen LogP contribution in [0.2, 0.25) is 0 Å². The van der Waals surface area contributed by atoms with E-state index in [2.05, 4.69) is 30.6 Å². The van der Waals surface area contributed by atoms with Crippen molar-refractivity contribution in [2.45, 2.75) is 51.2 Å². The van der Waals surface area contributed by atoms with E-state index >= 15 is 0 Å². The van der Waals surface area contributed by atoms with Gasteiger partial charge in [0.25, 0.3) is 0 Å². The molecule has 17 heavy (non-hydrogen) atoms. The monoisotopic (exact) mass is 253 g/mol. The van der Waals surface area contributed by atoms with E-state index in [0.717, 1.165) is 6.54 Å². The summed E-state index contributed by atoms with van der Waals surface area (Å²) in [6.45, 7) is 5.37. The molecule has 1 heterocycles. The molecule has 1 atom stereocenters. The van der Waals surface area contributed by atoms with Gasteiger partial charge < -0.3 is 10.1 Å². The van der Waals surface area contributed by atoms with Gasteiger partial charge in [-0.05, 0) is 43.3 Å². The molecule has 1 fully saturated rings. The minimum Gasteiger partial charge on any atom is -0.376 e. The van der Waals surface area contributed by atoms with Crippen LogP contribution in [0.1, 0.15) is 49.1 Å². The van der Waals surface area contributed by atoms with Crippen LogP contribution in [0.15, 0.2) is 11.4 Å². The lowest BCUT2D eigenvalue weighted by Gasteiger charge is -2.37. The van der Waals surface area contributed by atoms with Gasteiger partial charge in [-0.25, -0.2) is 0 Å². The SMILES string of the molecule is CCNC(c1sccc1C)C1(OC)CCCC1. The van der Waals surface area contributed by atoms with Gasteiger partial charge in [0.05, 0.1) is 11.6 Å². The number of likely N-dealkylation sites (N-methyl/N-ethyl adjacent to an activating group) is 1. The zero-order valence-corrected chi connectivity index (χ0v) is 11.9. The molecule has 1 unspecified atom stereocenters. The number of nitrogens with one attached hydrogen (secondary N) is 1. The largest absolute Gasteiger partial charge is 0.376 e. The van der Waals surface area contributed by atoms with Crippen LogP contribution < -0.4 is 5.32 Å². The standard InChI is InChI=1S/C14H23NOS/c1-4-15-13(12-11(2)7-10-17-12)14(16-3)8-5-6-9-14/h7,10,13,15H,4-6,8-9H2,1-3H3. The maximum Gasteiger partial charge on any atom is 0.0880 e. The van der Waals surface area contributed by atoms with E-state index in [1.54, 1.807) is 0 Å². The first-order valence-corrected chi connectivity index (χ1v) is 7.44. The van der Waals surface area contributed by atoms with Crippen molar-refractivity contribution in [1.29, 1.82) is 0 Å². The molecule has 3 heteroatoms. The Morgan fingerprint density at radius 2 is 2.18 bits per heavy atom. The Balaban J connectivity index is 2.31. The zero-order chi connectivity index (χ0) is 12.3. The Morgan fingerprint density at radius 3 is 2.65 bits per heavy atom. The number of aryl methyl sites for hydroxylation is 1. The topological polar surface area (TPSA) is 21.3 Å². The van der Waals surface area contributed by atoms with Crippen LogP contribution in [-0.2, 0) is 4.74 Å². The molecule has 2 nitrogen and oxygen atoms in total. The molecule has 1 saturated carbocycles. The molecule has 0 saturated heterocycles. The molecule has 0 bridgehead atoms. The molecule has 2 rings (SSSR count). The normalized spacial score (nSPS) is 20.6. The van der Waals surface area contributed by atoms with E-state index in [9.17, 15) is 0 Å². The zero-order valence-electron chi connectivity index (χ0n) is 11.1. The van der Waals surface area contributed by atoms with Crippen molar-refractivity contribution in [3.8, 4) is 0 Å². The third kappa shape index (κ3) is 2.42. The summed E-state index contributed by atoms with van der Waals surface area (Å²) in [5, 5.41) is 5.83. The van der Waals surface area contributed by atoms with Crippen molar-refractivity contribution in [3.63, 3.8) is 0 Å². The van der Waals surface area contributed by atoms with Gasteiger partial charge in [-0.15, -0.1) is 11.3 Å². The van der Waals surface area contributed by atoms with Crippen molar-refractivity contribution in [1.82, 2.24) is 5.32 Å². The summed E-state index contributed by atoms with van der Waals surface area (Å²) in [7, 11) is 1.87. The van der Waals surface area contributed by atoms with Crippen molar-refractivity contribution in [2.75, 3.05) is 13.7 Å². The predicted octanol–water partition coefficient (Wildman–Crippen LogP) is 3.67. The van der Waals surface area contributed by atoms with Crippen LogP contribution in [0.25, 0.3) is 0 Å². The third-order valence-corrected chi connectivity index (χ3v) is 5.04.